The normalized spacial score (nSPS) is 32.2. The van der Waals surface area contributed by atoms with Crippen LogP contribution in [0.25, 0.3) is 0 Å². The maximum Gasteiger partial charge on any atom is 0.0218 e. The second-order valence-corrected chi connectivity index (χ2v) is 4.32. The van der Waals surface area contributed by atoms with Crippen molar-refractivity contribution in [1.29, 1.82) is 0 Å². The lowest BCUT2D eigenvalue weighted by Crippen LogP contribution is -2.44. The molecule has 0 spiro atoms. The van der Waals surface area contributed by atoms with Crippen molar-refractivity contribution in [3.63, 3.8) is 0 Å². The van der Waals surface area contributed by atoms with Crippen LogP contribution in [0.4, 0.5) is 0 Å². The smallest absolute Gasteiger partial charge is 0.0218 e. The summed E-state index contributed by atoms with van der Waals surface area (Å²) < 4.78 is 0. The fraction of sp³-hybridized carbons (Fsp3) is 1.00. The minimum Gasteiger partial charge on any atom is -0.329 e. The zero-order valence-electron chi connectivity index (χ0n) is 7.84. The lowest BCUT2D eigenvalue weighted by molar-refractivity contribution is 0.146. The maximum atomic E-state index is 5.75. The van der Waals surface area contributed by atoms with Crippen molar-refractivity contribution in [1.82, 2.24) is 4.90 Å². The highest BCUT2D eigenvalue weighted by Crippen LogP contribution is 2.31. The largest absolute Gasteiger partial charge is 0.329 e. The highest BCUT2D eigenvalue weighted by molar-refractivity contribution is 4.83. The summed E-state index contributed by atoms with van der Waals surface area (Å²) in [5.74, 6) is 1.03. The summed E-state index contributed by atoms with van der Waals surface area (Å²) in [4.78, 5) is 2.63. The molecular weight excluding hydrogens is 148 g/mol. The Kier molecular flexibility index (Phi) is 2.66. The number of piperidine rings is 1. The average Bonchev–Trinajstić information content (AvgIpc) is 2.89. The predicted octanol–water partition coefficient (Wildman–Crippen LogP) is 1.21. The zero-order chi connectivity index (χ0) is 8.39. The summed E-state index contributed by atoms with van der Waals surface area (Å²) >= 11 is 0. The molecule has 70 valence electrons. The molecule has 0 amide bonds. The lowest BCUT2D eigenvalue weighted by atomic mass is 10.0. The Labute approximate surface area is 75.1 Å². The van der Waals surface area contributed by atoms with E-state index in [9.17, 15) is 0 Å². The van der Waals surface area contributed by atoms with Gasteiger partial charge in [0.1, 0.15) is 0 Å². The molecule has 1 saturated heterocycles. The van der Waals surface area contributed by atoms with E-state index in [2.05, 4.69) is 4.90 Å². The summed E-state index contributed by atoms with van der Waals surface area (Å²) in [6.45, 7) is 3.51. The SMILES string of the molecule is NC[C@@H]1CCCCN1CC1CC1. The second-order valence-electron chi connectivity index (χ2n) is 4.32. The number of rotatable bonds is 3. The molecule has 0 bridgehead atoms. The van der Waals surface area contributed by atoms with E-state index >= 15 is 0 Å². The Morgan fingerprint density at radius 1 is 1.17 bits per heavy atom. The zero-order valence-corrected chi connectivity index (χ0v) is 7.84. The van der Waals surface area contributed by atoms with Crippen LogP contribution in [0.2, 0.25) is 0 Å². The summed E-state index contributed by atoms with van der Waals surface area (Å²) in [5.41, 5.74) is 5.75. The van der Waals surface area contributed by atoms with Gasteiger partial charge in [-0.2, -0.15) is 0 Å². The van der Waals surface area contributed by atoms with E-state index in [0.717, 1.165) is 12.5 Å². The minimum absolute atomic E-state index is 0.708. The number of hydrogen-bond acceptors (Lipinski definition) is 2. The summed E-state index contributed by atoms with van der Waals surface area (Å²) in [5, 5.41) is 0. The molecule has 1 heterocycles. The molecule has 0 aromatic carbocycles. The Morgan fingerprint density at radius 3 is 2.67 bits per heavy atom. The molecule has 2 heteroatoms. The van der Waals surface area contributed by atoms with Crippen molar-refractivity contribution in [3.8, 4) is 0 Å². The Hall–Kier alpha value is -0.0800. The second kappa shape index (κ2) is 3.75. The van der Waals surface area contributed by atoms with Gasteiger partial charge in [0.25, 0.3) is 0 Å². The lowest BCUT2D eigenvalue weighted by Gasteiger charge is -2.34. The Balaban J connectivity index is 1.81. The van der Waals surface area contributed by atoms with Crippen molar-refractivity contribution >= 4 is 0 Å². The van der Waals surface area contributed by atoms with E-state index in [1.54, 1.807) is 0 Å². The first-order valence-corrected chi connectivity index (χ1v) is 5.34. The van der Waals surface area contributed by atoms with Crippen LogP contribution < -0.4 is 5.73 Å². The number of nitrogens with two attached hydrogens (primary N) is 1. The van der Waals surface area contributed by atoms with Crippen molar-refractivity contribution in [2.75, 3.05) is 19.6 Å². The van der Waals surface area contributed by atoms with Gasteiger partial charge in [-0.25, -0.2) is 0 Å². The molecule has 0 aromatic rings. The van der Waals surface area contributed by atoms with Gasteiger partial charge in [0.2, 0.25) is 0 Å². The van der Waals surface area contributed by atoms with Gasteiger partial charge in [-0.1, -0.05) is 6.42 Å². The molecule has 2 fully saturated rings. The van der Waals surface area contributed by atoms with Crippen LogP contribution in [-0.4, -0.2) is 30.6 Å². The Bertz CT molecular complexity index is 143. The third-order valence-electron chi connectivity index (χ3n) is 3.21. The van der Waals surface area contributed by atoms with Crippen LogP contribution in [0.1, 0.15) is 32.1 Å². The van der Waals surface area contributed by atoms with E-state index in [1.165, 1.54) is 45.2 Å². The first kappa shape index (κ1) is 8.52. The number of nitrogens with zero attached hydrogens (tertiary/aromatic N) is 1. The van der Waals surface area contributed by atoms with E-state index < -0.39 is 0 Å². The third-order valence-corrected chi connectivity index (χ3v) is 3.21. The van der Waals surface area contributed by atoms with E-state index in [-0.39, 0.29) is 0 Å². The molecule has 1 aliphatic carbocycles. The monoisotopic (exact) mass is 168 g/mol. The first-order chi connectivity index (χ1) is 5.90. The highest BCUT2D eigenvalue weighted by atomic mass is 15.2. The van der Waals surface area contributed by atoms with Crippen molar-refractivity contribution in [3.05, 3.63) is 0 Å². The van der Waals surface area contributed by atoms with Crippen LogP contribution in [-0.2, 0) is 0 Å². The fourth-order valence-electron chi connectivity index (χ4n) is 2.20. The molecule has 0 aromatic heterocycles. The maximum absolute atomic E-state index is 5.75. The minimum atomic E-state index is 0.708. The van der Waals surface area contributed by atoms with Crippen LogP contribution in [0.3, 0.4) is 0 Å². The fourth-order valence-corrected chi connectivity index (χ4v) is 2.20. The molecule has 0 unspecified atom stereocenters. The van der Waals surface area contributed by atoms with Gasteiger partial charge in [-0.15, -0.1) is 0 Å². The number of likely N-dealkylation sites (tertiary alicyclic amines) is 1. The molecular formula is C10H20N2. The quantitative estimate of drug-likeness (QED) is 0.686. The van der Waals surface area contributed by atoms with Crippen LogP contribution in [0, 0.1) is 5.92 Å². The predicted molar refractivity (Wildman–Crippen MR) is 51.0 cm³/mol. The molecule has 2 nitrogen and oxygen atoms in total. The molecule has 1 saturated carbocycles. The Morgan fingerprint density at radius 2 is 2.00 bits per heavy atom. The van der Waals surface area contributed by atoms with Crippen molar-refractivity contribution in [2.45, 2.75) is 38.1 Å². The molecule has 12 heavy (non-hydrogen) atoms. The van der Waals surface area contributed by atoms with Crippen molar-refractivity contribution < 1.29 is 0 Å². The van der Waals surface area contributed by atoms with Gasteiger partial charge in [0.15, 0.2) is 0 Å². The molecule has 2 N–H and O–H groups in total. The summed E-state index contributed by atoms with van der Waals surface area (Å²) in [6, 6.07) is 0.708. The average molecular weight is 168 g/mol. The number of hydrogen-bond donors (Lipinski definition) is 1. The van der Waals surface area contributed by atoms with Gasteiger partial charge in [-0.05, 0) is 38.1 Å². The van der Waals surface area contributed by atoms with E-state index in [0.29, 0.717) is 6.04 Å². The summed E-state index contributed by atoms with van der Waals surface area (Å²) in [7, 11) is 0. The van der Waals surface area contributed by atoms with Gasteiger partial charge < -0.3 is 5.73 Å². The van der Waals surface area contributed by atoms with Gasteiger partial charge in [0.05, 0.1) is 0 Å². The first-order valence-electron chi connectivity index (χ1n) is 5.34. The van der Waals surface area contributed by atoms with Gasteiger partial charge in [-0.3, -0.25) is 4.90 Å². The van der Waals surface area contributed by atoms with Crippen LogP contribution >= 0.6 is 0 Å². The summed E-state index contributed by atoms with van der Waals surface area (Å²) in [6.07, 6.45) is 7.05. The molecule has 1 aliphatic heterocycles. The van der Waals surface area contributed by atoms with Crippen LogP contribution in [0.5, 0.6) is 0 Å². The highest BCUT2D eigenvalue weighted by Gasteiger charge is 2.28. The van der Waals surface area contributed by atoms with Crippen LogP contribution in [0.15, 0.2) is 0 Å². The van der Waals surface area contributed by atoms with E-state index in [4.69, 9.17) is 5.73 Å². The topological polar surface area (TPSA) is 29.3 Å². The van der Waals surface area contributed by atoms with E-state index in [1.807, 2.05) is 0 Å². The molecule has 0 radical (unpaired) electrons. The molecule has 1 atom stereocenters. The molecule has 2 rings (SSSR count). The molecule has 2 aliphatic rings. The van der Waals surface area contributed by atoms with Gasteiger partial charge >= 0.3 is 0 Å². The standard InChI is InChI=1S/C10H20N2/c11-7-10-3-1-2-6-12(10)8-9-4-5-9/h9-10H,1-8,11H2/t10-/m0/s1. The van der Waals surface area contributed by atoms with Crippen molar-refractivity contribution in [2.24, 2.45) is 11.7 Å². The third kappa shape index (κ3) is 1.99. The van der Waals surface area contributed by atoms with Gasteiger partial charge in [0, 0.05) is 19.1 Å².